The Morgan fingerprint density at radius 3 is 2.00 bits per heavy atom. The minimum absolute atomic E-state index is 0.238. The largest absolute Gasteiger partial charge is 0.492 e. The van der Waals surface area contributed by atoms with Crippen LogP contribution in [0.25, 0.3) is 11.0 Å². The van der Waals surface area contributed by atoms with Crippen molar-refractivity contribution in [2.75, 3.05) is 37.7 Å². The number of piperazine rings is 1. The average molecular weight is 491 g/mol. The summed E-state index contributed by atoms with van der Waals surface area (Å²) >= 11 is 0. The predicted octanol–water partition coefficient (Wildman–Crippen LogP) is 4.82. The van der Waals surface area contributed by atoms with Crippen molar-refractivity contribution in [1.29, 1.82) is 0 Å². The van der Waals surface area contributed by atoms with E-state index in [0.717, 1.165) is 48.8 Å². The van der Waals surface area contributed by atoms with Crippen molar-refractivity contribution >= 4 is 16.9 Å². The van der Waals surface area contributed by atoms with Gasteiger partial charge < -0.3 is 9.64 Å². The van der Waals surface area contributed by atoms with Gasteiger partial charge in [-0.1, -0.05) is 78.9 Å². The number of hydrogen-bond acceptors (Lipinski definition) is 6. The van der Waals surface area contributed by atoms with E-state index in [2.05, 4.69) is 85.5 Å². The summed E-state index contributed by atoms with van der Waals surface area (Å²) in [6.07, 6.45) is 3.54. The van der Waals surface area contributed by atoms with Crippen molar-refractivity contribution < 1.29 is 4.74 Å². The van der Waals surface area contributed by atoms with Crippen LogP contribution in [0.4, 0.5) is 5.82 Å². The monoisotopic (exact) mass is 490 g/mol. The summed E-state index contributed by atoms with van der Waals surface area (Å²) in [6.45, 7) is 4.82. The second-order valence-electron chi connectivity index (χ2n) is 9.21. The van der Waals surface area contributed by atoms with Crippen molar-refractivity contribution in [3.8, 4) is 5.75 Å². The molecule has 0 N–H and O–H groups in total. The van der Waals surface area contributed by atoms with Crippen LogP contribution in [-0.2, 0) is 6.54 Å². The van der Waals surface area contributed by atoms with Crippen LogP contribution in [0, 0.1) is 0 Å². The molecule has 1 saturated heterocycles. The normalized spacial score (nSPS) is 14.4. The highest BCUT2D eigenvalue weighted by atomic mass is 16.5. The molecule has 0 aliphatic carbocycles. The first-order valence-corrected chi connectivity index (χ1v) is 12.8. The van der Waals surface area contributed by atoms with E-state index >= 15 is 0 Å². The Morgan fingerprint density at radius 2 is 1.35 bits per heavy atom. The van der Waals surface area contributed by atoms with Gasteiger partial charge in [0.1, 0.15) is 24.5 Å². The molecule has 6 rings (SSSR count). The molecule has 0 saturated carbocycles. The lowest BCUT2D eigenvalue weighted by atomic mass is 9.96. The first-order valence-electron chi connectivity index (χ1n) is 12.8. The highest BCUT2D eigenvalue weighted by Crippen LogP contribution is 2.31. The van der Waals surface area contributed by atoms with Gasteiger partial charge in [-0.3, -0.25) is 4.90 Å². The lowest BCUT2D eigenvalue weighted by Gasteiger charge is -2.40. The lowest BCUT2D eigenvalue weighted by Crippen LogP contribution is -2.48. The highest BCUT2D eigenvalue weighted by Gasteiger charge is 2.27. The molecule has 0 unspecified atom stereocenters. The first kappa shape index (κ1) is 23.2. The average Bonchev–Trinajstić information content (AvgIpc) is 3.39. The van der Waals surface area contributed by atoms with E-state index in [1.54, 1.807) is 6.33 Å². The maximum atomic E-state index is 5.86. The van der Waals surface area contributed by atoms with Crippen LogP contribution in [0.3, 0.4) is 0 Å². The van der Waals surface area contributed by atoms with Gasteiger partial charge in [0.25, 0.3) is 0 Å². The zero-order valence-corrected chi connectivity index (χ0v) is 20.7. The Labute approximate surface area is 217 Å². The summed E-state index contributed by atoms with van der Waals surface area (Å²) in [7, 11) is 0. The van der Waals surface area contributed by atoms with E-state index in [9.17, 15) is 0 Å². The number of nitrogens with zero attached hydrogens (tertiary/aromatic N) is 6. The molecule has 0 spiro atoms. The molecule has 3 heterocycles. The number of hydrogen-bond donors (Lipinski definition) is 0. The van der Waals surface area contributed by atoms with E-state index < -0.39 is 0 Å². The zero-order chi connectivity index (χ0) is 24.9. The summed E-state index contributed by atoms with van der Waals surface area (Å²) in [4.78, 5) is 14.1. The van der Waals surface area contributed by atoms with Crippen LogP contribution >= 0.6 is 0 Å². The molecule has 186 valence electrons. The van der Waals surface area contributed by atoms with Crippen molar-refractivity contribution in [2.45, 2.75) is 12.6 Å². The summed E-state index contributed by atoms with van der Waals surface area (Å²) in [5, 5.41) is 5.59. The molecular weight excluding hydrogens is 460 g/mol. The third-order valence-electron chi connectivity index (χ3n) is 6.94. The highest BCUT2D eigenvalue weighted by molar-refractivity contribution is 5.86. The molecule has 7 nitrogen and oxygen atoms in total. The van der Waals surface area contributed by atoms with Crippen molar-refractivity contribution in [3.63, 3.8) is 0 Å². The number of ether oxygens (including phenoxy) is 1. The number of para-hydroxylation sites is 1. The van der Waals surface area contributed by atoms with E-state index in [4.69, 9.17) is 4.74 Å². The number of fused-ring (bicyclic) bond motifs is 1. The zero-order valence-electron chi connectivity index (χ0n) is 20.7. The first-order chi connectivity index (χ1) is 18.4. The van der Waals surface area contributed by atoms with Crippen LogP contribution in [0.15, 0.2) is 104 Å². The number of rotatable bonds is 8. The van der Waals surface area contributed by atoms with Gasteiger partial charge in [-0.05, 0) is 23.3 Å². The standard InChI is InChI=1S/C30H30N6O/c1-4-10-24(11-5-1)28(25-12-6-2-7-13-25)34-16-18-35(19-17-34)29-27-22-33-36(30(27)32-23-31-29)20-21-37-26-14-8-3-9-15-26/h1-15,22-23,28H,16-21H2. The molecule has 0 radical (unpaired) electrons. The molecule has 0 amide bonds. The molecule has 1 fully saturated rings. The maximum Gasteiger partial charge on any atom is 0.163 e. The van der Waals surface area contributed by atoms with E-state index in [0.29, 0.717) is 13.2 Å². The summed E-state index contributed by atoms with van der Waals surface area (Å²) in [6, 6.07) is 31.7. The molecule has 2 aromatic heterocycles. The lowest BCUT2D eigenvalue weighted by molar-refractivity contribution is 0.212. The third kappa shape index (κ3) is 5.04. The number of benzene rings is 3. The fraction of sp³-hybridized carbons (Fsp3) is 0.233. The summed E-state index contributed by atoms with van der Waals surface area (Å²) in [5.41, 5.74) is 3.49. The summed E-state index contributed by atoms with van der Waals surface area (Å²) in [5.74, 6) is 1.81. The molecule has 1 aliphatic heterocycles. The van der Waals surface area contributed by atoms with Crippen LogP contribution in [0.5, 0.6) is 5.75 Å². The Bertz CT molecular complexity index is 1380. The molecule has 3 aromatic carbocycles. The van der Waals surface area contributed by atoms with E-state index in [1.807, 2.05) is 41.2 Å². The van der Waals surface area contributed by atoms with E-state index in [-0.39, 0.29) is 6.04 Å². The summed E-state index contributed by atoms with van der Waals surface area (Å²) < 4.78 is 7.77. The minimum Gasteiger partial charge on any atom is -0.492 e. The van der Waals surface area contributed by atoms with Crippen molar-refractivity contribution in [1.82, 2.24) is 24.6 Å². The quantitative estimate of drug-likeness (QED) is 0.311. The van der Waals surface area contributed by atoms with Gasteiger partial charge in [0.2, 0.25) is 0 Å². The second kappa shape index (κ2) is 10.8. The minimum atomic E-state index is 0.238. The van der Waals surface area contributed by atoms with Gasteiger partial charge in [0, 0.05) is 26.2 Å². The maximum absolute atomic E-state index is 5.86. The van der Waals surface area contributed by atoms with Crippen molar-refractivity contribution in [3.05, 3.63) is 115 Å². The SMILES string of the molecule is c1ccc(OCCn2ncc3c(N4CCN(C(c5ccccc5)c5ccccc5)CC4)ncnc32)cc1. The Balaban J connectivity index is 1.16. The molecule has 1 aliphatic rings. The number of anilines is 1. The van der Waals surface area contributed by atoms with Gasteiger partial charge in [-0.15, -0.1) is 0 Å². The molecule has 7 heteroatoms. The Kier molecular flexibility index (Phi) is 6.77. The second-order valence-corrected chi connectivity index (χ2v) is 9.21. The van der Waals surface area contributed by atoms with Crippen LogP contribution in [0.2, 0.25) is 0 Å². The molecular formula is C30H30N6O. The smallest absolute Gasteiger partial charge is 0.163 e. The third-order valence-corrected chi connectivity index (χ3v) is 6.94. The van der Waals surface area contributed by atoms with Gasteiger partial charge in [-0.2, -0.15) is 5.10 Å². The Morgan fingerprint density at radius 1 is 0.730 bits per heavy atom. The van der Waals surface area contributed by atoms with Crippen LogP contribution in [-0.4, -0.2) is 57.4 Å². The number of aromatic nitrogens is 4. The van der Waals surface area contributed by atoms with Crippen LogP contribution in [0.1, 0.15) is 17.2 Å². The fourth-order valence-electron chi connectivity index (χ4n) is 5.14. The van der Waals surface area contributed by atoms with Gasteiger partial charge in [0.15, 0.2) is 5.65 Å². The fourth-order valence-corrected chi connectivity index (χ4v) is 5.14. The van der Waals surface area contributed by atoms with Gasteiger partial charge in [0.05, 0.1) is 24.2 Å². The predicted molar refractivity (Wildman–Crippen MR) is 146 cm³/mol. The topological polar surface area (TPSA) is 59.3 Å². The van der Waals surface area contributed by atoms with E-state index in [1.165, 1.54) is 11.1 Å². The molecule has 37 heavy (non-hydrogen) atoms. The van der Waals surface area contributed by atoms with Crippen molar-refractivity contribution in [2.24, 2.45) is 0 Å². The molecule has 0 atom stereocenters. The van der Waals surface area contributed by atoms with Gasteiger partial charge >= 0.3 is 0 Å². The van der Waals surface area contributed by atoms with Crippen LogP contribution < -0.4 is 9.64 Å². The molecule has 5 aromatic rings. The Hall–Kier alpha value is -4.23. The van der Waals surface area contributed by atoms with Gasteiger partial charge in [-0.25, -0.2) is 14.6 Å². The molecule has 0 bridgehead atoms.